The molecule has 0 saturated heterocycles. The number of nitrogens with zero attached hydrogens (tertiary/aromatic N) is 2. The van der Waals surface area contributed by atoms with Gasteiger partial charge in [-0.2, -0.15) is 4.31 Å². The molecule has 0 radical (unpaired) electrons. The Morgan fingerprint density at radius 3 is 2.67 bits per heavy atom. The summed E-state index contributed by atoms with van der Waals surface area (Å²) < 4.78 is 31.7. The van der Waals surface area contributed by atoms with Crippen molar-refractivity contribution in [1.82, 2.24) is 9.29 Å². The van der Waals surface area contributed by atoms with Crippen LogP contribution >= 0.6 is 0 Å². The number of amides is 1. The van der Waals surface area contributed by atoms with E-state index in [1.165, 1.54) is 19.2 Å². The molecule has 1 fully saturated rings. The van der Waals surface area contributed by atoms with Crippen molar-refractivity contribution >= 4 is 32.7 Å². The first-order chi connectivity index (χ1) is 12.9. The molecular weight excluding hydrogens is 366 g/mol. The number of hydrogen-bond acceptors (Lipinski definition) is 5. The Labute approximate surface area is 157 Å². The molecule has 0 atom stereocenters. The van der Waals surface area contributed by atoms with Gasteiger partial charge in [-0.15, -0.1) is 0 Å². The third-order valence-electron chi connectivity index (χ3n) is 4.43. The van der Waals surface area contributed by atoms with Crippen molar-refractivity contribution in [1.29, 1.82) is 0 Å². The van der Waals surface area contributed by atoms with Crippen LogP contribution in [-0.2, 0) is 14.8 Å². The van der Waals surface area contributed by atoms with E-state index >= 15 is 0 Å². The number of nitrogens with one attached hydrogen (secondary N) is 1. The zero-order chi connectivity index (χ0) is 19.0. The normalized spacial score (nSPS) is 14.6. The average Bonchev–Trinajstić information content (AvgIpc) is 3.42. The molecule has 1 aromatic heterocycles. The summed E-state index contributed by atoms with van der Waals surface area (Å²) in [5.41, 5.74) is 1.91. The van der Waals surface area contributed by atoms with Crippen LogP contribution < -0.4 is 5.32 Å². The maximum atomic E-state index is 12.5. The summed E-state index contributed by atoms with van der Waals surface area (Å²) in [7, 11) is -2.34. The maximum Gasteiger partial charge on any atom is 0.243 e. The van der Waals surface area contributed by atoms with E-state index in [1.54, 1.807) is 36.4 Å². The highest BCUT2D eigenvalue weighted by Gasteiger charge is 2.29. The van der Waals surface area contributed by atoms with Crippen LogP contribution in [0, 0.1) is 0 Å². The zero-order valence-electron chi connectivity index (χ0n) is 14.8. The number of oxazole rings is 1. The van der Waals surface area contributed by atoms with Crippen LogP contribution in [-0.4, -0.2) is 37.2 Å². The number of benzene rings is 2. The Hall–Kier alpha value is -2.71. The van der Waals surface area contributed by atoms with E-state index in [0.717, 1.165) is 23.0 Å². The number of likely N-dealkylation sites (N-methyl/N-ethyl adjacent to an activating group) is 1. The van der Waals surface area contributed by atoms with Crippen LogP contribution in [0.3, 0.4) is 0 Å². The fourth-order valence-electron chi connectivity index (χ4n) is 2.79. The van der Waals surface area contributed by atoms with Crippen molar-refractivity contribution in [2.24, 2.45) is 0 Å². The number of rotatable bonds is 6. The van der Waals surface area contributed by atoms with Crippen LogP contribution in [0.2, 0.25) is 0 Å². The SMILES string of the molecule is CN(CC(=O)Nc1ccc2oc(C3CC3)nc2c1)S(=O)(=O)c1ccccc1. The fraction of sp³-hybridized carbons (Fsp3) is 0.263. The molecule has 2 aromatic carbocycles. The highest BCUT2D eigenvalue weighted by Crippen LogP contribution is 2.40. The summed E-state index contributed by atoms with van der Waals surface area (Å²) in [6.07, 6.45) is 2.19. The Kier molecular flexibility index (Phi) is 4.45. The summed E-state index contributed by atoms with van der Waals surface area (Å²) in [5.74, 6) is 0.719. The molecule has 0 aliphatic heterocycles. The van der Waals surface area contributed by atoms with Crippen molar-refractivity contribution in [2.45, 2.75) is 23.7 Å². The van der Waals surface area contributed by atoms with E-state index in [-0.39, 0.29) is 11.4 Å². The summed E-state index contributed by atoms with van der Waals surface area (Å²) in [6, 6.07) is 13.2. The van der Waals surface area contributed by atoms with Crippen molar-refractivity contribution in [3.63, 3.8) is 0 Å². The molecule has 1 saturated carbocycles. The molecule has 1 amide bonds. The van der Waals surface area contributed by atoms with E-state index in [0.29, 0.717) is 22.7 Å². The summed E-state index contributed by atoms with van der Waals surface area (Å²) >= 11 is 0. The summed E-state index contributed by atoms with van der Waals surface area (Å²) in [5, 5.41) is 2.72. The number of hydrogen-bond donors (Lipinski definition) is 1. The maximum absolute atomic E-state index is 12.5. The summed E-state index contributed by atoms with van der Waals surface area (Å²) in [4.78, 5) is 16.9. The van der Waals surface area contributed by atoms with Gasteiger partial charge in [0.05, 0.1) is 11.4 Å². The number of carbonyl (C=O) groups excluding carboxylic acids is 1. The van der Waals surface area contributed by atoms with Crippen molar-refractivity contribution in [3.05, 3.63) is 54.4 Å². The first kappa shape index (κ1) is 17.7. The molecule has 0 spiro atoms. The third kappa shape index (κ3) is 3.72. The Morgan fingerprint density at radius 1 is 1.22 bits per heavy atom. The molecule has 140 valence electrons. The topological polar surface area (TPSA) is 92.5 Å². The lowest BCUT2D eigenvalue weighted by Crippen LogP contribution is -2.34. The second-order valence-electron chi connectivity index (χ2n) is 6.63. The molecule has 3 aromatic rings. The van der Waals surface area contributed by atoms with Gasteiger partial charge >= 0.3 is 0 Å². The largest absolute Gasteiger partial charge is 0.440 e. The lowest BCUT2D eigenvalue weighted by atomic mass is 10.3. The predicted octanol–water partition coefficient (Wildman–Crippen LogP) is 2.96. The quantitative estimate of drug-likeness (QED) is 0.704. The molecule has 0 unspecified atom stereocenters. The lowest BCUT2D eigenvalue weighted by Gasteiger charge is -2.16. The number of aromatic nitrogens is 1. The Morgan fingerprint density at radius 2 is 1.96 bits per heavy atom. The van der Waals surface area contributed by atoms with Crippen LogP contribution in [0.5, 0.6) is 0 Å². The first-order valence-corrected chi connectivity index (χ1v) is 10.1. The molecule has 1 heterocycles. The molecule has 8 heteroatoms. The fourth-order valence-corrected chi connectivity index (χ4v) is 3.94. The molecule has 27 heavy (non-hydrogen) atoms. The molecule has 1 aliphatic carbocycles. The number of sulfonamides is 1. The van der Waals surface area contributed by atoms with Crippen molar-refractivity contribution < 1.29 is 17.6 Å². The monoisotopic (exact) mass is 385 g/mol. The van der Waals surface area contributed by atoms with E-state index in [1.807, 2.05) is 0 Å². The minimum atomic E-state index is -3.72. The van der Waals surface area contributed by atoms with Gasteiger partial charge in [0.2, 0.25) is 15.9 Å². The second kappa shape index (κ2) is 6.79. The molecule has 1 N–H and O–H groups in total. The lowest BCUT2D eigenvalue weighted by molar-refractivity contribution is -0.116. The molecular formula is C19H19N3O4S. The molecule has 1 aliphatic rings. The molecule has 0 bridgehead atoms. The van der Waals surface area contributed by atoms with Gasteiger partial charge in [-0.05, 0) is 43.2 Å². The highest BCUT2D eigenvalue weighted by atomic mass is 32.2. The van der Waals surface area contributed by atoms with Gasteiger partial charge in [0.25, 0.3) is 0 Å². The smallest absolute Gasteiger partial charge is 0.243 e. The minimum Gasteiger partial charge on any atom is -0.440 e. The van der Waals surface area contributed by atoms with Gasteiger partial charge in [-0.25, -0.2) is 13.4 Å². The van der Waals surface area contributed by atoms with E-state index in [2.05, 4.69) is 10.3 Å². The summed E-state index contributed by atoms with van der Waals surface area (Å²) in [6.45, 7) is -0.290. The Balaban J connectivity index is 1.45. The van der Waals surface area contributed by atoms with Gasteiger partial charge in [-0.1, -0.05) is 18.2 Å². The van der Waals surface area contributed by atoms with Crippen LogP contribution in [0.15, 0.2) is 57.8 Å². The Bertz CT molecular complexity index is 1090. The van der Waals surface area contributed by atoms with Crippen molar-refractivity contribution in [2.75, 3.05) is 18.9 Å². The number of fused-ring (bicyclic) bond motifs is 1. The third-order valence-corrected chi connectivity index (χ3v) is 6.25. The average molecular weight is 385 g/mol. The first-order valence-electron chi connectivity index (χ1n) is 8.65. The van der Waals surface area contributed by atoms with Gasteiger partial charge < -0.3 is 9.73 Å². The standard InChI is InChI=1S/C19H19N3O4S/c1-22(27(24,25)15-5-3-2-4-6-15)12-18(23)20-14-9-10-17-16(11-14)21-19(26-17)13-7-8-13/h2-6,9-11,13H,7-8,12H2,1H3,(H,20,23). The van der Waals surface area contributed by atoms with Crippen LogP contribution in [0.1, 0.15) is 24.7 Å². The van der Waals surface area contributed by atoms with Gasteiger partial charge in [-0.3, -0.25) is 4.79 Å². The number of carbonyl (C=O) groups is 1. The second-order valence-corrected chi connectivity index (χ2v) is 8.68. The van der Waals surface area contributed by atoms with Gasteiger partial charge in [0, 0.05) is 18.7 Å². The predicted molar refractivity (Wildman–Crippen MR) is 101 cm³/mol. The van der Waals surface area contributed by atoms with E-state index < -0.39 is 15.9 Å². The van der Waals surface area contributed by atoms with Crippen LogP contribution in [0.4, 0.5) is 5.69 Å². The zero-order valence-corrected chi connectivity index (χ0v) is 15.6. The number of anilines is 1. The van der Waals surface area contributed by atoms with Crippen molar-refractivity contribution in [3.8, 4) is 0 Å². The molecule has 7 nitrogen and oxygen atoms in total. The highest BCUT2D eigenvalue weighted by molar-refractivity contribution is 7.89. The van der Waals surface area contributed by atoms with E-state index in [4.69, 9.17) is 4.42 Å². The van der Waals surface area contributed by atoms with Gasteiger partial charge in [0.15, 0.2) is 11.5 Å². The van der Waals surface area contributed by atoms with E-state index in [9.17, 15) is 13.2 Å². The van der Waals surface area contributed by atoms with Gasteiger partial charge in [0.1, 0.15) is 5.52 Å². The minimum absolute atomic E-state index is 0.150. The van der Waals surface area contributed by atoms with Crippen LogP contribution in [0.25, 0.3) is 11.1 Å². The molecule has 4 rings (SSSR count).